The summed E-state index contributed by atoms with van der Waals surface area (Å²) in [5, 5.41) is 9.49. The number of rotatable bonds is 4. The summed E-state index contributed by atoms with van der Waals surface area (Å²) in [7, 11) is 0. The standard InChI is InChI=1S/C13H21N3O5S/c1-12(9(18)7(15)5-22)8(17)4-2-3-6(14)10(19)13(12,16)11(20)21/h6-7,22H,2-5,14-16H2,1H3,(H,20,21)/t6?,7-,12?,13?/m0/s1. The number of nitrogens with two attached hydrogens (primary N) is 3. The molecule has 8 nitrogen and oxygen atoms in total. The summed E-state index contributed by atoms with van der Waals surface area (Å²) in [6, 6.07) is -2.38. The maximum absolute atomic E-state index is 12.6. The molecular weight excluding hydrogens is 310 g/mol. The van der Waals surface area contributed by atoms with Gasteiger partial charge in [0.2, 0.25) is 0 Å². The predicted molar refractivity (Wildman–Crippen MR) is 81.3 cm³/mol. The van der Waals surface area contributed by atoms with Gasteiger partial charge in [-0.3, -0.25) is 14.4 Å². The van der Waals surface area contributed by atoms with E-state index >= 15 is 0 Å². The van der Waals surface area contributed by atoms with Gasteiger partial charge in [-0.1, -0.05) is 0 Å². The van der Waals surface area contributed by atoms with E-state index in [0.29, 0.717) is 0 Å². The Labute approximate surface area is 133 Å². The molecule has 0 amide bonds. The zero-order chi connectivity index (χ0) is 17.3. The fraction of sp³-hybridized carbons (Fsp3) is 0.692. The number of hydrogen-bond acceptors (Lipinski definition) is 8. The first-order valence-electron chi connectivity index (χ1n) is 6.81. The number of carbonyl (C=O) groups is 4. The number of carboxylic acids is 1. The fourth-order valence-electron chi connectivity index (χ4n) is 2.73. The summed E-state index contributed by atoms with van der Waals surface area (Å²) in [4.78, 5) is 49.2. The molecule has 1 saturated carbocycles. The first kappa shape index (κ1) is 18.8. The van der Waals surface area contributed by atoms with Crippen LogP contribution in [0.1, 0.15) is 26.2 Å². The number of carboxylic acid groups (broad SMARTS) is 1. The van der Waals surface area contributed by atoms with Crippen molar-refractivity contribution in [3.8, 4) is 0 Å². The highest BCUT2D eigenvalue weighted by atomic mass is 32.1. The smallest absolute Gasteiger partial charge is 0.333 e. The summed E-state index contributed by atoms with van der Waals surface area (Å²) in [6.45, 7) is 1.06. The van der Waals surface area contributed by atoms with E-state index < -0.39 is 46.4 Å². The molecule has 1 aliphatic carbocycles. The van der Waals surface area contributed by atoms with Crippen molar-refractivity contribution in [2.75, 3.05) is 5.75 Å². The minimum absolute atomic E-state index is 0.102. The van der Waals surface area contributed by atoms with Crippen LogP contribution in [0.3, 0.4) is 0 Å². The second-order valence-electron chi connectivity index (χ2n) is 5.68. The highest BCUT2D eigenvalue weighted by Crippen LogP contribution is 2.38. The van der Waals surface area contributed by atoms with Crippen molar-refractivity contribution in [3.05, 3.63) is 0 Å². The van der Waals surface area contributed by atoms with Gasteiger partial charge in [-0.05, 0) is 19.8 Å². The van der Waals surface area contributed by atoms with Crippen LogP contribution < -0.4 is 17.2 Å². The minimum atomic E-state index is -2.75. The molecule has 0 saturated heterocycles. The average Bonchev–Trinajstić information content (AvgIpc) is 2.49. The van der Waals surface area contributed by atoms with Gasteiger partial charge < -0.3 is 22.3 Å². The monoisotopic (exact) mass is 331 g/mol. The maximum atomic E-state index is 12.6. The van der Waals surface area contributed by atoms with E-state index in [1.165, 1.54) is 0 Å². The predicted octanol–water partition coefficient (Wildman–Crippen LogP) is -1.75. The van der Waals surface area contributed by atoms with Crippen LogP contribution in [0, 0.1) is 5.41 Å². The zero-order valence-electron chi connectivity index (χ0n) is 12.2. The molecule has 1 aliphatic rings. The summed E-state index contributed by atoms with van der Waals surface area (Å²) in [6.07, 6.45) is 0.287. The van der Waals surface area contributed by atoms with Crippen LogP contribution in [0.25, 0.3) is 0 Å². The molecule has 0 radical (unpaired) electrons. The van der Waals surface area contributed by atoms with Crippen LogP contribution in [0.15, 0.2) is 0 Å². The van der Waals surface area contributed by atoms with Crippen LogP contribution in [0.5, 0.6) is 0 Å². The molecule has 0 spiro atoms. The second-order valence-corrected chi connectivity index (χ2v) is 6.04. The van der Waals surface area contributed by atoms with E-state index in [4.69, 9.17) is 17.2 Å². The lowest BCUT2D eigenvalue weighted by atomic mass is 9.59. The molecule has 1 rings (SSSR count). The molecule has 4 atom stereocenters. The van der Waals surface area contributed by atoms with Crippen LogP contribution in [-0.2, 0) is 19.2 Å². The third kappa shape index (κ3) is 2.58. The van der Waals surface area contributed by atoms with E-state index in [1.54, 1.807) is 0 Å². The first-order chi connectivity index (χ1) is 10.0. The number of Topliss-reactive ketones (excluding diaryl/α,β-unsaturated/α-hetero) is 3. The third-order valence-electron chi connectivity index (χ3n) is 4.35. The topological polar surface area (TPSA) is 167 Å². The van der Waals surface area contributed by atoms with Crippen molar-refractivity contribution < 1.29 is 24.3 Å². The number of thiol groups is 1. The maximum Gasteiger partial charge on any atom is 0.333 e. The van der Waals surface area contributed by atoms with Gasteiger partial charge in [-0.2, -0.15) is 12.6 Å². The fourth-order valence-corrected chi connectivity index (χ4v) is 2.89. The molecule has 0 aromatic carbocycles. The van der Waals surface area contributed by atoms with Crippen molar-refractivity contribution in [2.45, 2.75) is 43.8 Å². The lowest BCUT2D eigenvalue weighted by molar-refractivity contribution is -0.165. The van der Waals surface area contributed by atoms with Gasteiger partial charge >= 0.3 is 5.97 Å². The van der Waals surface area contributed by atoms with E-state index in [2.05, 4.69) is 12.6 Å². The molecule has 0 aromatic rings. The van der Waals surface area contributed by atoms with E-state index in [0.717, 1.165) is 6.92 Å². The molecule has 22 heavy (non-hydrogen) atoms. The number of aliphatic carboxylic acids is 1. The van der Waals surface area contributed by atoms with Gasteiger partial charge in [-0.15, -0.1) is 0 Å². The van der Waals surface area contributed by atoms with Crippen LogP contribution in [0.4, 0.5) is 0 Å². The van der Waals surface area contributed by atoms with Gasteiger partial charge in [0.05, 0.1) is 12.1 Å². The highest BCUT2D eigenvalue weighted by molar-refractivity contribution is 7.80. The van der Waals surface area contributed by atoms with Gasteiger partial charge in [0.25, 0.3) is 0 Å². The number of hydrogen-bond donors (Lipinski definition) is 5. The molecule has 1 fully saturated rings. The first-order valence-corrected chi connectivity index (χ1v) is 7.44. The summed E-state index contributed by atoms with van der Waals surface area (Å²) in [5.41, 5.74) is 12.1. The van der Waals surface area contributed by atoms with Crippen LogP contribution in [-0.4, -0.2) is 51.8 Å². The second kappa shape index (κ2) is 6.45. The molecule has 0 aromatic heterocycles. The zero-order valence-corrected chi connectivity index (χ0v) is 13.1. The average molecular weight is 331 g/mol. The molecule has 7 N–H and O–H groups in total. The minimum Gasteiger partial charge on any atom is -0.479 e. The van der Waals surface area contributed by atoms with Crippen LogP contribution >= 0.6 is 12.6 Å². The van der Waals surface area contributed by atoms with Gasteiger partial charge in [0, 0.05) is 12.2 Å². The van der Waals surface area contributed by atoms with Crippen molar-refractivity contribution in [1.82, 2.24) is 0 Å². The summed E-state index contributed by atoms with van der Waals surface area (Å²) in [5.74, 6) is -4.57. The van der Waals surface area contributed by atoms with Crippen LogP contribution in [0.2, 0.25) is 0 Å². The van der Waals surface area contributed by atoms with E-state index in [1.807, 2.05) is 0 Å². The SMILES string of the molecule is CC1(C(=O)[C@@H](N)CS)C(=O)CCCC(N)C(=O)C1(N)C(=O)O. The molecule has 0 aliphatic heterocycles. The largest absolute Gasteiger partial charge is 0.479 e. The Hall–Kier alpha value is -1.29. The van der Waals surface area contributed by atoms with Crippen molar-refractivity contribution in [2.24, 2.45) is 22.6 Å². The Balaban J connectivity index is 3.61. The Bertz CT molecular complexity index is 526. The van der Waals surface area contributed by atoms with Gasteiger partial charge in [-0.25, -0.2) is 4.79 Å². The Morgan fingerprint density at radius 3 is 2.45 bits per heavy atom. The molecular formula is C13H21N3O5S. The third-order valence-corrected chi connectivity index (χ3v) is 4.75. The molecule has 0 bridgehead atoms. The molecule has 9 heteroatoms. The molecule has 3 unspecified atom stereocenters. The highest BCUT2D eigenvalue weighted by Gasteiger charge is 2.65. The lowest BCUT2D eigenvalue weighted by Crippen LogP contribution is -2.75. The van der Waals surface area contributed by atoms with Gasteiger partial charge in [0.1, 0.15) is 11.2 Å². The normalized spacial score (nSPS) is 34.7. The van der Waals surface area contributed by atoms with E-state index in [9.17, 15) is 24.3 Å². The number of ketones is 3. The Morgan fingerprint density at radius 2 is 2.00 bits per heavy atom. The van der Waals surface area contributed by atoms with Crippen molar-refractivity contribution in [3.63, 3.8) is 0 Å². The molecule has 0 heterocycles. The quantitative estimate of drug-likeness (QED) is 0.298. The van der Waals surface area contributed by atoms with E-state index in [-0.39, 0.29) is 25.0 Å². The lowest BCUT2D eigenvalue weighted by Gasteiger charge is -2.42. The molecule has 124 valence electrons. The summed E-state index contributed by atoms with van der Waals surface area (Å²) < 4.78 is 0. The van der Waals surface area contributed by atoms with Gasteiger partial charge in [0.15, 0.2) is 17.1 Å². The summed E-state index contributed by atoms with van der Waals surface area (Å²) >= 11 is 3.88. The Kier molecular flexibility index (Phi) is 5.50. The Morgan fingerprint density at radius 1 is 1.45 bits per heavy atom. The number of carbonyl (C=O) groups excluding carboxylic acids is 3. The van der Waals surface area contributed by atoms with Crippen molar-refractivity contribution in [1.29, 1.82) is 0 Å². The van der Waals surface area contributed by atoms with Crippen molar-refractivity contribution >= 4 is 35.9 Å².